The number of carbonyl (C=O) groups excluding carboxylic acids is 1. The molecule has 0 aromatic heterocycles. The van der Waals surface area contributed by atoms with Crippen molar-refractivity contribution < 1.29 is 14.7 Å². The molecule has 1 aliphatic heterocycles. The van der Waals surface area contributed by atoms with E-state index in [0.29, 0.717) is 25.8 Å². The van der Waals surface area contributed by atoms with E-state index < -0.39 is 17.6 Å². The van der Waals surface area contributed by atoms with Gasteiger partial charge in [-0.2, -0.15) is 0 Å². The number of carboxylic acids is 1. The Morgan fingerprint density at radius 3 is 2.41 bits per heavy atom. The van der Waals surface area contributed by atoms with Gasteiger partial charge in [0.1, 0.15) is 6.04 Å². The number of piperidine rings is 1. The van der Waals surface area contributed by atoms with Crippen LogP contribution in [0.3, 0.4) is 0 Å². The fourth-order valence-electron chi connectivity index (χ4n) is 2.27. The molecule has 5 heteroatoms. The molecule has 17 heavy (non-hydrogen) atoms. The average molecular weight is 242 g/mol. The van der Waals surface area contributed by atoms with E-state index in [4.69, 9.17) is 10.8 Å². The van der Waals surface area contributed by atoms with Gasteiger partial charge >= 0.3 is 5.97 Å². The average Bonchev–Trinajstić information content (AvgIpc) is 2.36. The van der Waals surface area contributed by atoms with Crippen molar-refractivity contribution in [3.8, 4) is 0 Å². The summed E-state index contributed by atoms with van der Waals surface area (Å²) in [6, 6.07) is -0.697. The normalized spacial score (nSPS) is 21.4. The molecule has 1 rings (SSSR count). The van der Waals surface area contributed by atoms with Crippen LogP contribution in [0.15, 0.2) is 0 Å². The molecule has 0 saturated carbocycles. The highest BCUT2D eigenvalue weighted by Gasteiger charge is 2.40. The maximum absolute atomic E-state index is 12.3. The Kier molecular flexibility index (Phi) is 4.51. The van der Waals surface area contributed by atoms with Crippen LogP contribution in [0.2, 0.25) is 0 Å². The maximum Gasteiger partial charge on any atom is 0.326 e. The molecule has 1 saturated heterocycles. The van der Waals surface area contributed by atoms with Gasteiger partial charge in [0.2, 0.25) is 5.91 Å². The molecule has 98 valence electrons. The molecule has 0 aromatic rings. The third kappa shape index (κ3) is 2.77. The van der Waals surface area contributed by atoms with Crippen molar-refractivity contribution in [3.05, 3.63) is 0 Å². The lowest BCUT2D eigenvalue weighted by Gasteiger charge is -2.38. The molecule has 0 aliphatic carbocycles. The van der Waals surface area contributed by atoms with E-state index in [9.17, 15) is 9.59 Å². The van der Waals surface area contributed by atoms with E-state index in [-0.39, 0.29) is 5.91 Å². The van der Waals surface area contributed by atoms with E-state index in [1.165, 1.54) is 4.90 Å². The van der Waals surface area contributed by atoms with Crippen LogP contribution < -0.4 is 5.73 Å². The summed E-state index contributed by atoms with van der Waals surface area (Å²) < 4.78 is 0. The molecule has 0 radical (unpaired) electrons. The molecule has 5 nitrogen and oxygen atoms in total. The second kappa shape index (κ2) is 5.49. The highest BCUT2D eigenvalue weighted by molar-refractivity contribution is 5.90. The van der Waals surface area contributed by atoms with Gasteiger partial charge in [-0.3, -0.25) is 4.79 Å². The van der Waals surface area contributed by atoms with Gasteiger partial charge in [-0.25, -0.2) is 4.79 Å². The van der Waals surface area contributed by atoms with Crippen LogP contribution >= 0.6 is 0 Å². The second-order valence-electron chi connectivity index (χ2n) is 4.71. The minimum Gasteiger partial charge on any atom is -0.480 e. The number of aliphatic carboxylic acids is 1. The van der Waals surface area contributed by atoms with Crippen molar-refractivity contribution in [3.63, 3.8) is 0 Å². The zero-order valence-electron chi connectivity index (χ0n) is 10.6. The van der Waals surface area contributed by atoms with E-state index in [1.807, 2.05) is 13.8 Å². The summed E-state index contributed by atoms with van der Waals surface area (Å²) in [5, 5.41) is 9.13. The molecule has 1 fully saturated rings. The Morgan fingerprint density at radius 1 is 1.35 bits per heavy atom. The van der Waals surface area contributed by atoms with E-state index >= 15 is 0 Å². The predicted molar refractivity (Wildman–Crippen MR) is 64.5 cm³/mol. The standard InChI is InChI=1S/C12H22N2O3/c1-3-12(13,4-2)11(17)14-8-6-5-7-9(14)10(15)16/h9H,3-8,13H2,1-2H3,(H,15,16)/t9-/m0/s1. The van der Waals surface area contributed by atoms with Crippen molar-refractivity contribution >= 4 is 11.9 Å². The van der Waals surface area contributed by atoms with Gasteiger partial charge in [-0.05, 0) is 32.1 Å². The summed E-state index contributed by atoms with van der Waals surface area (Å²) in [5.41, 5.74) is 5.14. The topological polar surface area (TPSA) is 83.6 Å². The van der Waals surface area contributed by atoms with Gasteiger partial charge < -0.3 is 15.7 Å². The minimum atomic E-state index is -0.924. The van der Waals surface area contributed by atoms with Gasteiger partial charge in [0.05, 0.1) is 5.54 Å². The van der Waals surface area contributed by atoms with Crippen LogP contribution in [-0.2, 0) is 9.59 Å². The third-order valence-corrected chi connectivity index (χ3v) is 3.74. The fraction of sp³-hybridized carbons (Fsp3) is 0.833. The van der Waals surface area contributed by atoms with Crippen LogP contribution in [0.25, 0.3) is 0 Å². The molecular formula is C12H22N2O3. The zero-order valence-corrected chi connectivity index (χ0v) is 10.6. The fourth-order valence-corrected chi connectivity index (χ4v) is 2.27. The molecular weight excluding hydrogens is 220 g/mol. The van der Waals surface area contributed by atoms with Gasteiger partial charge in [0, 0.05) is 6.54 Å². The quantitative estimate of drug-likeness (QED) is 0.769. The molecule has 0 spiro atoms. The summed E-state index contributed by atoms with van der Waals surface area (Å²) in [6.45, 7) is 4.23. The number of amides is 1. The van der Waals surface area contributed by atoms with Gasteiger partial charge in [-0.1, -0.05) is 13.8 Å². The molecule has 1 heterocycles. The van der Waals surface area contributed by atoms with E-state index in [1.54, 1.807) is 0 Å². The summed E-state index contributed by atoms with van der Waals surface area (Å²) in [5.74, 6) is -1.14. The SMILES string of the molecule is CCC(N)(CC)C(=O)N1CCCC[C@H]1C(=O)O. The van der Waals surface area contributed by atoms with Gasteiger partial charge in [-0.15, -0.1) is 0 Å². The smallest absolute Gasteiger partial charge is 0.326 e. The Hall–Kier alpha value is -1.10. The molecule has 3 N–H and O–H groups in total. The van der Waals surface area contributed by atoms with Crippen LogP contribution in [-0.4, -0.2) is 40.0 Å². The van der Waals surface area contributed by atoms with Crippen molar-refractivity contribution in [1.29, 1.82) is 0 Å². The van der Waals surface area contributed by atoms with E-state index in [0.717, 1.165) is 12.8 Å². The Labute approximate surface area is 102 Å². The molecule has 1 amide bonds. The highest BCUT2D eigenvalue weighted by atomic mass is 16.4. The lowest BCUT2D eigenvalue weighted by molar-refractivity contribution is -0.154. The van der Waals surface area contributed by atoms with Crippen molar-refractivity contribution in [2.24, 2.45) is 5.73 Å². The van der Waals surface area contributed by atoms with E-state index in [2.05, 4.69) is 0 Å². The number of hydrogen-bond acceptors (Lipinski definition) is 3. The van der Waals surface area contributed by atoms with Gasteiger partial charge in [0.15, 0.2) is 0 Å². The first-order valence-corrected chi connectivity index (χ1v) is 6.29. The molecule has 1 atom stereocenters. The summed E-state index contributed by atoms with van der Waals surface area (Å²) in [4.78, 5) is 24.9. The van der Waals surface area contributed by atoms with Crippen LogP contribution in [0.1, 0.15) is 46.0 Å². The van der Waals surface area contributed by atoms with Crippen molar-refractivity contribution in [2.45, 2.75) is 57.5 Å². The Balaban J connectivity index is 2.88. The summed E-state index contributed by atoms with van der Waals surface area (Å²) in [6.07, 6.45) is 3.32. The predicted octanol–water partition coefficient (Wildman–Crippen LogP) is 0.970. The second-order valence-corrected chi connectivity index (χ2v) is 4.71. The third-order valence-electron chi connectivity index (χ3n) is 3.74. The summed E-state index contributed by atoms with van der Waals surface area (Å²) in [7, 11) is 0. The van der Waals surface area contributed by atoms with Gasteiger partial charge in [0.25, 0.3) is 0 Å². The molecule has 0 unspecified atom stereocenters. The highest BCUT2D eigenvalue weighted by Crippen LogP contribution is 2.23. The first-order chi connectivity index (χ1) is 7.96. The largest absolute Gasteiger partial charge is 0.480 e. The number of carbonyl (C=O) groups is 2. The number of hydrogen-bond donors (Lipinski definition) is 2. The number of carboxylic acid groups (broad SMARTS) is 1. The maximum atomic E-state index is 12.3. The monoisotopic (exact) mass is 242 g/mol. The lowest BCUT2D eigenvalue weighted by Crippen LogP contribution is -2.59. The number of nitrogens with two attached hydrogens (primary N) is 1. The minimum absolute atomic E-state index is 0.213. The molecule has 0 aromatic carbocycles. The number of likely N-dealkylation sites (tertiary alicyclic amines) is 1. The Morgan fingerprint density at radius 2 is 1.94 bits per heavy atom. The first kappa shape index (κ1) is 14.0. The first-order valence-electron chi connectivity index (χ1n) is 6.29. The molecule has 1 aliphatic rings. The number of rotatable bonds is 4. The van der Waals surface area contributed by atoms with Crippen molar-refractivity contribution in [2.75, 3.05) is 6.54 Å². The number of nitrogens with zero attached hydrogens (tertiary/aromatic N) is 1. The van der Waals surface area contributed by atoms with Crippen LogP contribution in [0.4, 0.5) is 0 Å². The van der Waals surface area contributed by atoms with Crippen LogP contribution in [0, 0.1) is 0 Å². The van der Waals surface area contributed by atoms with Crippen LogP contribution in [0.5, 0.6) is 0 Å². The summed E-state index contributed by atoms with van der Waals surface area (Å²) >= 11 is 0. The lowest BCUT2D eigenvalue weighted by atomic mass is 9.90. The van der Waals surface area contributed by atoms with Crippen molar-refractivity contribution in [1.82, 2.24) is 4.90 Å². The zero-order chi connectivity index (χ0) is 13.1. The Bertz CT molecular complexity index is 300. The molecule has 0 bridgehead atoms.